The minimum atomic E-state index is -0.0745. The number of hydrogen-bond acceptors (Lipinski definition) is 3. The molecule has 4 aromatic rings. The third kappa shape index (κ3) is 3.53. The fraction of sp³-hybridized carbons (Fsp3) is 0.227. The smallest absolute Gasteiger partial charge is 0.254 e. The summed E-state index contributed by atoms with van der Waals surface area (Å²) in [6, 6.07) is 17.9. The van der Waals surface area contributed by atoms with Crippen molar-refractivity contribution in [2.45, 2.75) is 26.3 Å². The van der Waals surface area contributed by atoms with Crippen LogP contribution in [0.3, 0.4) is 0 Å². The Kier molecular flexibility index (Phi) is 5.19. The Balaban J connectivity index is 1.38. The van der Waals surface area contributed by atoms with Crippen molar-refractivity contribution < 1.29 is 4.79 Å². The average molecular weight is 373 g/mol. The molecular formula is C22H23N5O. The minimum absolute atomic E-state index is 0.0745. The summed E-state index contributed by atoms with van der Waals surface area (Å²) in [5.41, 5.74) is 4.63. The van der Waals surface area contributed by atoms with Gasteiger partial charge < -0.3 is 9.88 Å². The van der Waals surface area contributed by atoms with Crippen molar-refractivity contribution in [2.24, 2.45) is 0 Å². The van der Waals surface area contributed by atoms with E-state index in [0.717, 1.165) is 41.8 Å². The molecule has 28 heavy (non-hydrogen) atoms. The molecule has 2 aromatic heterocycles. The third-order valence-corrected chi connectivity index (χ3v) is 4.84. The van der Waals surface area contributed by atoms with E-state index in [2.05, 4.69) is 26.0 Å². The van der Waals surface area contributed by atoms with Crippen LogP contribution in [0.15, 0.2) is 67.1 Å². The van der Waals surface area contributed by atoms with Crippen LogP contribution in [-0.4, -0.2) is 31.8 Å². The molecular weight excluding hydrogens is 350 g/mol. The zero-order valence-corrected chi connectivity index (χ0v) is 15.9. The van der Waals surface area contributed by atoms with Crippen LogP contribution in [0.2, 0.25) is 0 Å². The topological polar surface area (TPSA) is 64.7 Å². The van der Waals surface area contributed by atoms with E-state index < -0.39 is 0 Å². The molecule has 0 saturated heterocycles. The van der Waals surface area contributed by atoms with Crippen LogP contribution >= 0.6 is 0 Å². The molecule has 0 aliphatic carbocycles. The standard InChI is InChI=1S/C22H23N5O/c1-2-20-18(15-25-27(20)17-9-4-3-5-10-17)22(28)23-13-8-14-26-16-24-19-11-6-7-12-21(19)26/h3-7,9-12,15-16H,2,8,13-14H2,1H3,(H,23,28). The SMILES string of the molecule is CCc1c(C(=O)NCCCn2cnc3ccccc32)cnn1-c1ccccc1. The predicted octanol–water partition coefficient (Wildman–Crippen LogP) is 3.60. The van der Waals surface area contributed by atoms with Gasteiger partial charge in [-0.05, 0) is 37.1 Å². The molecule has 6 heteroatoms. The van der Waals surface area contributed by atoms with Crippen LogP contribution in [-0.2, 0) is 13.0 Å². The Hall–Kier alpha value is -3.41. The number of nitrogens with zero attached hydrogens (tertiary/aromatic N) is 4. The normalized spacial score (nSPS) is 11.0. The summed E-state index contributed by atoms with van der Waals surface area (Å²) in [5.74, 6) is -0.0745. The molecule has 0 saturated carbocycles. The van der Waals surface area contributed by atoms with Gasteiger partial charge in [0.05, 0.1) is 40.5 Å². The highest BCUT2D eigenvalue weighted by Gasteiger charge is 2.16. The van der Waals surface area contributed by atoms with Gasteiger partial charge in [-0.25, -0.2) is 9.67 Å². The number of aryl methyl sites for hydroxylation is 1. The van der Waals surface area contributed by atoms with Crippen LogP contribution in [0.25, 0.3) is 16.7 Å². The summed E-state index contributed by atoms with van der Waals surface area (Å²) in [7, 11) is 0. The number of hydrogen-bond donors (Lipinski definition) is 1. The van der Waals surface area contributed by atoms with Gasteiger partial charge >= 0.3 is 0 Å². The second kappa shape index (κ2) is 8.08. The summed E-state index contributed by atoms with van der Waals surface area (Å²) >= 11 is 0. The lowest BCUT2D eigenvalue weighted by atomic mass is 10.2. The number of aromatic nitrogens is 4. The number of benzene rings is 2. The molecule has 0 fully saturated rings. The highest BCUT2D eigenvalue weighted by atomic mass is 16.1. The van der Waals surface area contributed by atoms with E-state index in [1.807, 2.05) is 66.5 Å². The Morgan fingerprint density at radius 2 is 1.86 bits per heavy atom. The first-order valence-electron chi connectivity index (χ1n) is 9.58. The van der Waals surface area contributed by atoms with Crippen LogP contribution in [0.5, 0.6) is 0 Å². The lowest BCUT2D eigenvalue weighted by molar-refractivity contribution is 0.0952. The molecule has 2 heterocycles. The molecule has 2 aromatic carbocycles. The Morgan fingerprint density at radius 3 is 2.68 bits per heavy atom. The van der Waals surface area contributed by atoms with Crippen molar-refractivity contribution in [3.63, 3.8) is 0 Å². The van der Waals surface area contributed by atoms with Crippen molar-refractivity contribution in [1.82, 2.24) is 24.6 Å². The number of para-hydroxylation sites is 3. The number of fused-ring (bicyclic) bond motifs is 1. The largest absolute Gasteiger partial charge is 0.352 e. The Labute approximate surface area is 163 Å². The summed E-state index contributed by atoms with van der Waals surface area (Å²) in [6.07, 6.45) is 5.08. The van der Waals surface area contributed by atoms with E-state index in [-0.39, 0.29) is 5.91 Å². The van der Waals surface area contributed by atoms with E-state index in [1.54, 1.807) is 6.20 Å². The van der Waals surface area contributed by atoms with E-state index in [4.69, 9.17) is 0 Å². The summed E-state index contributed by atoms with van der Waals surface area (Å²) < 4.78 is 3.96. The molecule has 142 valence electrons. The Morgan fingerprint density at radius 1 is 1.07 bits per heavy atom. The molecule has 1 amide bonds. The van der Waals surface area contributed by atoms with Crippen LogP contribution < -0.4 is 5.32 Å². The van der Waals surface area contributed by atoms with Gasteiger partial charge in [-0.2, -0.15) is 5.10 Å². The zero-order chi connectivity index (χ0) is 19.3. The van der Waals surface area contributed by atoms with E-state index in [1.165, 1.54) is 0 Å². The van der Waals surface area contributed by atoms with Crippen molar-refractivity contribution in [3.05, 3.63) is 78.4 Å². The predicted molar refractivity (Wildman–Crippen MR) is 110 cm³/mol. The fourth-order valence-electron chi connectivity index (χ4n) is 3.43. The van der Waals surface area contributed by atoms with Gasteiger partial charge in [0.25, 0.3) is 5.91 Å². The molecule has 0 bridgehead atoms. The van der Waals surface area contributed by atoms with Crippen molar-refractivity contribution in [1.29, 1.82) is 0 Å². The van der Waals surface area contributed by atoms with Crippen LogP contribution in [0, 0.1) is 0 Å². The van der Waals surface area contributed by atoms with Gasteiger partial charge in [0.15, 0.2) is 0 Å². The van der Waals surface area contributed by atoms with Gasteiger partial charge in [0, 0.05) is 13.1 Å². The van der Waals surface area contributed by atoms with Crippen LogP contribution in [0.1, 0.15) is 29.4 Å². The fourth-order valence-corrected chi connectivity index (χ4v) is 3.43. The molecule has 0 aliphatic heterocycles. The molecule has 0 atom stereocenters. The number of amides is 1. The quantitative estimate of drug-likeness (QED) is 0.503. The van der Waals surface area contributed by atoms with Crippen molar-refractivity contribution >= 4 is 16.9 Å². The Bertz CT molecular complexity index is 1080. The van der Waals surface area contributed by atoms with Crippen LogP contribution in [0.4, 0.5) is 0 Å². The van der Waals surface area contributed by atoms with Gasteiger partial charge in [0.1, 0.15) is 0 Å². The maximum absolute atomic E-state index is 12.7. The number of rotatable bonds is 7. The summed E-state index contributed by atoms with van der Waals surface area (Å²) in [6.45, 7) is 3.45. The first-order chi connectivity index (χ1) is 13.8. The van der Waals surface area contributed by atoms with Gasteiger partial charge in [0.2, 0.25) is 0 Å². The second-order valence-corrected chi connectivity index (χ2v) is 6.64. The lowest BCUT2D eigenvalue weighted by Crippen LogP contribution is -2.26. The molecule has 0 spiro atoms. The van der Waals surface area contributed by atoms with Crippen molar-refractivity contribution in [2.75, 3.05) is 6.54 Å². The average Bonchev–Trinajstić information content (AvgIpc) is 3.36. The summed E-state index contributed by atoms with van der Waals surface area (Å²) in [4.78, 5) is 17.1. The van der Waals surface area contributed by atoms with Crippen molar-refractivity contribution in [3.8, 4) is 5.69 Å². The lowest BCUT2D eigenvalue weighted by Gasteiger charge is -2.09. The second-order valence-electron chi connectivity index (χ2n) is 6.64. The monoisotopic (exact) mass is 373 g/mol. The number of carbonyl (C=O) groups excluding carboxylic acids is 1. The van der Waals surface area contributed by atoms with E-state index in [0.29, 0.717) is 12.1 Å². The highest BCUT2D eigenvalue weighted by molar-refractivity contribution is 5.95. The highest BCUT2D eigenvalue weighted by Crippen LogP contribution is 2.16. The number of nitrogens with one attached hydrogen (secondary N) is 1. The summed E-state index contributed by atoms with van der Waals surface area (Å²) in [5, 5.41) is 7.45. The van der Waals surface area contributed by atoms with E-state index in [9.17, 15) is 4.79 Å². The molecule has 6 nitrogen and oxygen atoms in total. The maximum atomic E-state index is 12.7. The minimum Gasteiger partial charge on any atom is -0.352 e. The molecule has 0 aliphatic rings. The van der Waals surface area contributed by atoms with Gasteiger partial charge in [-0.1, -0.05) is 37.3 Å². The first-order valence-corrected chi connectivity index (χ1v) is 9.58. The molecule has 0 radical (unpaired) electrons. The first kappa shape index (κ1) is 18.0. The third-order valence-electron chi connectivity index (χ3n) is 4.84. The molecule has 4 rings (SSSR count). The molecule has 1 N–H and O–H groups in total. The zero-order valence-electron chi connectivity index (χ0n) is 15.9. The number of imidazole rings is 1. The van der Waals surface area contributed by atoms with E-state index >= 15 is 0 Å². The maximum Gasteiger partial charge on any atom is 0.254 e. The number of carbonyl (C=O) groups is 1. The molecule has 0 unspecified atom stereocenters. The van der Waals surface area contributed by atoms with Gasteiger partial charge in [-0.15, -0.1) is 0 Å². The van der Waals surface area contributed by atoms with Gasteiger partial charge in [-0.3, -0.25) is 4.79 Å².